The minimum atomic E-state index is -0.735. The summed E-state index contributed by atoms with van der Waals surface area (Å²) in [5.74, 6) is -1.10. The summed E-state index contributed by atoms with van der Waals surface area (Å²) < 4.78 is 0. The molecule has 0 bridgehead atoms. The van der Waals surface area contributed by atoms with Gasteiger partial charge in [0.05, 0.1) is 5.92 Å². The fraction of sp³-hybridized carbons (Fsp3) is 0.500. The van der Waals surface area contributed by atoms with Crippen molar-refractivity contribution in [3.8, 4) is 0 Å². The van der Waals surface area contributed by atoms with Crippen LogP contribution >= 0.6 is 0 Å². The summed E-state index contributed by atoms with van der Waals surface area (Å²) in [6, 6.07) is 9.99. The van der Waals surface area contributed by atoms with Gasteiger partial charge in [0, 0.05) is 30.9 Å². The number of carbonyl (C=O) groups is 1. The number of nitrogens with one attached hydrogen (secondary N) is 1. The van der Waals surface area contributed by atoms with Crippen LogP contribution in [0.3, 0.4) is 0 Å². The van der Waals surface area contributed by atoms with Crippen LogP contribution in [0.15, 0.2) is 30.3 Å². The van der Waals surface area contributed by atoms with Crippen molar-refractivity contribution in [2.24, 2.45) is 5.92 Å². The lowest BCUT2D eigenvalue weighted by atomic mass is 10.1. The lowest BCUT2D eigenvalue weighted by Crippen LogP contribution is -2.46. The van der Waals surface area contributed by atoms with Crippen molar-refractivity contribution < 1.29 is 9.90 Å². The summed E-state index contributed by atoms with van der Waals surface area (Å²) >= 11 is 0. The largest absolute Gasteiger partial charge is 0.481 e. The van der Waals surface area contributed by atoms with Gasteiger partial charge in [-0.3, -0.25) is 4.79 Å². The van der Waals surface area contributed by atoms with Gasteiger partial charge in [0.1, 0.15) is 0 Å². The predicted molar refractivity (Wildman–Crippen MR) is 71.9 cm³/mol. The van der Waals surface area contributed by atoms with Gasteiger partial charge in [-0.1, -0.05) is 18.2 Å². The monoisotopic (exact) mass is 248 g/mol. The van der Waals surface area contributed by atoms with E-state index in [9.17, 15) is 9.90 Å². The van der Waals surface area contributed by atoms with Crippen LogP contribution in [0, 0.1) is 5.92 Å². The summed E-state index contributed by atoms with van der Waals surface area (Å²) in [4.78, 5) is 13.4. The molecule has 0 radical (unpaired) electrons. The molecule has 0 saturated carbocycles. The topological polar surface area (TPSA) is 52.6 Å². The minimum Gasteiger partial charge on any atom is -0.481 e. The zero-order chi connectivity index (χ0) is 13.2. The number of carboxylic acid groups (broad SMARTS) is 1. The van der Waals surface area contributed by atoms with Gasteiger partial charge in [-0.15, -0.1) is 0 Å². The first-order valence-electron chi connectivity index (χ1n) is 6.26. The summed E-state index contributed by atoms with van der Waals surface area (Å²) in [5, 5.41) is 12.6. The number of benzene rings is 1. The Morgan fingerprint density at radius 3 is 2.67 bits per heavy atom. The van der Waals surface area contributed by atoms with E-state index in [4.69, 9.17) is 0 Å². The first-order valence-corrected chi connectivity index (χ1v) is 6.26. The molecule has 0 aromatic heterocycles. The molecule has 1 aliphatic rings. The zero-order valence-electron chi connectivity index (χ0n) is 10.9. The van der Waals surface area contributed by atoms with Gasteiger partial charge in [0.2, 0.25) is 0 Å². The van der Waals surface area contributed by atoms with Gasteiger partial charge < -0.3 is 15.3 Å². The van der Waals surface area contributed by atoms with Gasteiger partial charge >= 0.3 is 5.97 Å². The van der Waals surface area contributed by atoms with E-state index >= 15 is 0 Å². The molecule has 2 rings (SSSR count). The third-order valence-corrected chi connectivity index (χ3v) is 3.32. The molecule has 0 aliphatic carbocycles. The van der Waals surface area contributed by atoms with Crippen LogP contribution in [-0.4, -0.2) is 36.2 Å². The number of rotatable bonds is 2. The van der Waals surface area contributed by atoms with Crippen molar-refractivity contribution >= 4 is 11.7 Å². The van der Waals surface area contributed by atoms with Gasteiger partial charge in [-0.2, -0.15) is 0 Å². The second-order valence-corrected chi connectivity index (χ2v) is 5.52. The average Bonchev–Trinajstić information content (AvgIpc) is 2.49. The Balaban J connectivity index is 2.24. The standard InChI is InChI=1S/C14H20N2O2/c1-14(2)10-16(12-6-4-3-5-7-12)9-11(8-15-14)13(17)18/h3-7,11,15H,8-10H2,1-2H3,(H,17,18). The molecule has 1 heterocycles. The van der Waals surface area contributed by atoms with Crippen LogP contribution in [0.25, 0.3) is 0 Å². The van der Waals surface area contributed by atoms with Crippen LogP contribution in [0.1, 0.15) is 13.8 Å². The first kappa shape index (κ1) is 12.9. The molecule has 1 fully saturated rings. The van der Waals surface area contributed by atoms with Crippen molar-refractivity contribution in [2.45, 2.75) is 19.4 Å². The average molecular weight is 248 g/mol. The molecule has 1 atom stereocenters. The van der Waals surface area contributed by atoms with E-state index in [0.717, 1.165) is 12.2 Å². The van der Waals surface area contributed by atoms with Crippen LogP contribution in [0.2, 0.25) is 0 Å². The number of para-hydroxylation sites is 1. The fourth-order valence-electron chi connectivity index (χ4n) is 2.33. The van der Waals surface area contributed by atoms with Crippen LogP contribution < -0.4 is 10.2 Å². The normalized spacial score (nSPS) is 23.4. The molecule has 18 heavy (non-hydrogen) atoms. The molecule has 1 aliphatic heterocycles. The second kappa shape index (κ2) is 4.98. The Kier molecular flexibility index (Phi) is 3.57. The Morgan fingerprint density at radius 2 is 2.06 bits per heavy atom. The molecule has 4 heteroatoms. The molecule has 1 aromatic carbocycles. The summed E-state index contributed by atoms with van der Waals surface area (Å²) in [6.45, 7) is 6.09. The smallest absolute Gasteiger partial charge is 0.309 e. The van der Waals surface area contributed by atoms with Crippen LogP contribution in [-0.2, 0) is 4.79 Å². The number of carboxylic acids is 1. The second-order valence-electron chi connectivity index (χ2n) is 5.52. The van der Waals surface area contributed by atoms with Crippen molar-refractivity contribution in [1.82, 2.24) is 5.32 Å². The number of nitrogens with zero attached hydrogens (tertiary/aromatic N) is 1. The molecule has 2 N–H and O–H groups in total. The van der Waals surface area contributed by atoms with Crippen molar-refractivity contribution in [3.05, 3.63) is 30.3 Å². The zero-order valence-corrected chi connectivity index (χ0v) is 10.9. The van der Waals surface area contributed by atoms with E-state index in [-0.39, 0.29) is 11.5 Å². The quantitative estimate of drug-likeness (QED) is 0.834. The number of anilines is 1. The van der Waals surface area contributed by atoms with E-state index in [1.165, 1.54) is 0 Å². The maximum absolute atomic E-state index is 11.2. The lowest BCUT2D eigenvalue weighted by Gasteiger charge is -2.31. The van der Waals surface area contributed by atoms with E-state index in [0.29, 0.717) is 13.1 Å². The number of aliphatic carboxylic acids is 1. The van der Waals surface area contributed by atoms with Crippen molar-refractivity contribution in [1.29, 1.82) is 0 Å². The third kappa shape index (κ3) is 3.01. The maximum atomic E-state index is 11.2. The lowest BCUT2D eigenvalue weighted by molar-refractivity contribution is -0.141. The molecule has 4 nitrogen and oxygen atoms in total. The fourth-order valence-corrected chi connectivity index (χ4v) is 2.33. The molecule has 98 valence electrons. The Morgan fingerprint density at radius 1 is 1.39 bits per heavy atom. The highest BCUT2D eigenvalue weighted by Crippen LogP contribution is 2.21. The minimum absolute atomic E-state index is 0.0833. The van der Waals surface area contributed by atoms with Gasteiger partial charge in [0.15, 0.2) is 0 Å². The summed E-state index contributed by atoms with van der Waals surface area (Å²) in [7, 11) is 0. The van der Waals surface area contributed by atoms with Crippen molar-refractivity contribution in [2.75, 3.05) is 24.5 Å². The van der Waals surface area contributed by atoms with Crippen LogP contribution in [0.5, 0.6) is 0 Å². The highest BCUT2D eigenvalue weighted by atomic mass is 16.4. The Labute approximate surface area is 108 Å². The SMILES string of the molecule is CC1(C)CN(c2ccccc2)CC(C(=O)O)CN1. The first-order chi connectivity index (χ1) is 8.48. The molecule has 1 saturated heterocycles. The number of hydrogen-bond donors (Lipinski definition) is 2. The molecular formula is C14H20N2O2. The Hall–Kier alpha value is -1.55. The van der Waals surface area contributed by atoms with Crippen molar-refractivity contribution in [3.63, 3.8) is 0 Å². The molecular weight excluding hydrogens is 228 g/mol. The molecule has 0 amide bonds. The number of hydrogen-bond acceptors (Lipinski definition) is 3. The van der Waals surface area contributed by atoms with Gasteiger partial charge in [-0.25, -0.2) is 0 Å². The van der Waals surface area contributed by atoms with E-state index < -0.39 is 5.97 Å². The predicted octanol–water partition coefficient (Wildman–Crippen LogP) is 1.58. The maximum Gasteiger partial charge on any atom is 0.309 e. The Bertz CT molecular complexity index is 417. The van der Waals surface area contributed by atoms with Crippen LogP contribution in [0.4, 0.5) is 5.69 Å². The van der Waals surface area contributed by atoms with E-state index in [1.54, 1.807) is 0 Å². The van der Waals surface area contributed by atoms with E-state index in [2.05, 4.69) is 24.1 Å². The summed E-state index contributed by atoms with van der Waals surface area (Å²) in [6.07, 6.45) is 0. The van der Waals surface area contributed by atoms with Gasteiger partial charge in [-0.05, 0) is 26.0 Å². The van der Waals surface area contributed by atoms with E-state index in [1.807, 2.05) is 30.3 Å². The highest BCUT2D eigenvalue weighted by molar-refractivity contribution is 5.71. The molecule has 1 aromatic rings. The molecule has 0 spiro atoms. The summed E-state index contributed by atoms with van der Waals surface area (Å²) in [5.41, 5.74) is 1.00. The van der Waals surface area contributed by atoms with Gasteiger partial charge in [0.25, 0.3) is 0 Å². The third-order valence-electron chi connectivity index (χ3n) is 3.32. The molecule has 1 unspecified atom stereocenters. The highest BCUT2D eigenvalue weighted by Gasteiger charge is 2.31.